The van der Waals surface area contributed by atoms with Crippen molar-refractivity contribution in [2.24, 2.45) is 0 Å². The molecule has 1 fully saturated rings. The number of rotatable bonds is 4. The molecule has 2 aromatic carbocycles. The lowest BCUT2D eigenvalue weighted by Crippen LogP contribution is -2.37. The van der Waals surface area contributed by atoms with Crippen LogP contribution in [0, 0.1) is 0 Å². The van der Waals surface area contributed by atoms with E-state index < -0.39 is 17.2 Å². The van der Waals surface area contributed by atoms with Gasteiger partial charge >= 0.3 is 0 Å². The Morgan fingerprint density at radius 1 is 0.862 bits per heavy atom. The average molecular weight is 400 g/mol. The third-order valence-corrected chi connectivity index (χ3v) is 4.80. The molecule has 154 valence electrons. The van der Waals surface area contributed by atoms with Crippen LogP contribution in [0.2, 0.25) is 0 Å². The summed E-state index contributed by atoms with van der Waals surface area (Å²) in [5.74, 6) is -1.57. The number of aromatic hydroxyl groups is 3. The van der Waals surface area contributed by atoms with Crippen LogP contribution in [0.25, 0.3) is 0 Å². The van der Waals surface area contributed by atoms with Gasteiger partial charge in [0.1, 0.15) is 5.75 Å². The van der Waals surface area contributed by atoms with Crippen molar-refractivity contribution in [3.63, 3.8) is 0 Å². The fourth-order valence-electron chi connectivity index (χ4n) is 3.28. The zero-order valence-corrected chi connectivity index (χ0v) is 16.2. The molecule has 0 aromatic heterocycles. The first kappa shape index (κ1) is 20.3. The topological polar surface area (TPSA) is 111 Å². The van der Waals surface area contributed by atoms with Gasteiger partial charge in [0.2, 0.25) is 0 Å². The first-order valence-electron chi connectivity index (χ1n) is 9.47. The molecule has 1 heterocycles. The number of phenols is 3. The van der Waals surface area contributed by atoms with Gasteiger partial charge in [-0.25, -0.2) is 0 Å². The van der Waals surface area contributed by atoms with Gasteiger partial charge in [-0.3, -0.25) is 9.59 Å². The van der Waals surface area contributed by atoms with Crippen LogP contribution in [-0.4, -0.2) is 69.7 Å². The van der Waals surface area contributed by atoms with E-state index in [0.717, 1.165) is 12.1 Å². The fraction of sp³-hybridized carbons (Fsp3) is 0.333. The van der Waals surface area contributed by atoms with Gasteiger partial charge in [0, 0.05) is 37.3 Å². The van der Waals surface area contributed by atoms with Gasteiger partial charge in [-0.1, -0.05) is 0 Å². The number of hydrogen-bond donors (Lipinski definition) is 3. The molecule has 1 aliphatic rings. The highest BCUT2D eigenvalue weighted by molar-refractivity contribution is 5.96. The zero-order chi connectivity index (χ0) is 21.0. The second kappa shape index (κ2) is 8.72. The summed E-state index contributed by atoms with van der Waals surface area (Å²) in [6, 6.07) is 9.20. The summed E-state index contributed by atoms with van der Waals surface area (Å²) in [5.41, 5.74) is 0.630. The van der Waals surface area contributed by atoms with E-state index in [-0.39, 0.29) is 17.4 Å². The third-order valence-electron chi connectivity index (χ3n) is 4.80. The van der Waals surface area contributed by atoms with E-state index in [4.69, 9.17) is 4.74 Å². The standard InChI is InChI=1S/C21H24N2O6/c1-2-29-16-6-4-14(5-7-16)20(27)22-8-3-9-23(11-10-22)21(28)15-12-17(24)19(26)18(25)13-15/h4-7,12-13,24-26H,2-3,8-11H2,1H3. The second-order valence-corrected chi connectivity index (χ2v) is 6.76. The fourth-order valence-corrected chi connectivity index (χ4v) is 3.28. The summed E-state index contributed by atoms with van der Waals surface area (Å²) < 4.78 is 5.39. The minimum atomic E-state index is -0.662. The van der Waals surface area contributed by atoms with E-state index in [0.29, 0.717) is 50.5 Å². The van der Waals surface area contributed by atoms with Gasteiger partial charge in [0.15, 0.2) is 17.2 Å². The maximum absolute atomic E-state index is 12.8. The van der Waals surface area contributed by atoms with Crippen molar-refractivity contribution >= 4 is 11.8 Å². The van der Waals surface area contributed by atoms with Crippen molar-refractivity contribution < 1.29 is 29.6 Å². The van der Waals surface area contributed by atoms with Crippen LogP contribution >= 0.6 is 0 Å². The number of nitrogens with zero attached hydrogens (tertiary/aromatic N) is 2. The molecule has 0 radical (unpaired) electrons. The molecule has 3 N–H and O–H groups in total. The van der Waals surface area contributed by atoms with E-state index in [1.54, 1.807) is 34.1 Å². The minimum Gasteiger partial charge on any atom is -0.504 e. The number of phenolic OH excluding ortho intramolecular Hbond substituents is 3. The minimum absolute atomic E-state index is 0.0732. The van der Waals surface area contributed by atoms with Crippen LogP contribution in [0.15, 0.2) is 36.4 Å². The lowest BCUT2D eigenvalue weighted by atomic mass is 10.1. The number of amides is 2. The van der Waals surface area contributed by atoms with Crippen molar-refractivity contribution in [3.8, 4) is 23.0 Å². The summed E-state index contributed by atoms with van der Waals surface area (Å²) in [5, 5.41) is 28.7. The Morgan fingerprint density at radius 3 is 1.90 bits per heavy atom. The molecule has 0 unspecified atom stereocenters. The van der Waals surface area contributed by atoms with E-state index in [9.17, 15) is 24.9 Å². The maximum Gasteiger partial charge on any atom is 0.254 e. The molecule has 8 heteroatoms. The summed E-state index contributed by atoms with van der Waals surface area (Å²) in [4.78, 5) is 28.8. The van der Waals surface area contributed by atoms with Crippen molar-refractivity contribution in [2.75, 3.05) is 32.8 Å². The molecule has 1 saturated heterocycles. The predicted molar refractivity (Wildman–Crippen MR) is 105 cm³/mol. The van der Waals surface area contributed by atoms with Gasteiger partial charge in [-0.2, -0.15) is 0 Å². The highest BCUT2D eigenvalue weighted by Gasteiger charge is 2.24. The molecule has 8 nitrogen and oxygen atoms in total. The Morgan fingerprint density at radius 2 is 1.38 bits per heavy atom. The molecule has 2 amide bonds. The second-order valence-electron chi connectivity index (χ2n) is 6.76. The molecule has 1 aliphatic heterocycles. The molecule has 0 aliphatic carbocycles. The molecule has 29 heavy (non-hydrogen) atoms. The van der Waals surface area contributed by atoms with Gasteiger partial charge in [0.25, 0.3) is 11.8 Å². The first-order valence-corrected chi connectivity index (χ1v) is 9.47. The first-order chi connectivity index (χ1) is 13.9. The Bertz CT molecular complexity index is 874. The highest BCUT2D eigenvalue weighted by atomic mass is 16.5. The summed E-state index contributed by atoms with van der Waals surface area (Å²) in [6.07, 6.45) is 0.602. The molecular weight excluding hydrogens is 376 g/mol. The van der Waals surface area contributed by atoms with Gasteiger partial charge < -0.3 is 29.9 Å². The van der Waals surface area contributed by atoms with Gasteiger partial charge in [0.05, 0.1) is 6.61 Å². The van der Waals surface area contributed by atoms with Crippen LogP contribution in [0.4, 0.5) is 0 Å². The Balaban J connectivity index is 1.66. The monoisotopic (exact) mass is 400 g/mol. The van der Waals surface area contributed by atoms with E-state index in [1.807, 2.05) is 6.92 Å². The lowest BCUT2D eigenvalue weighted by molar-refractivity contribution is 0.0718. The van der Waals surface area contributed by atoms with E-state index in [2.05, 4.69) is 0 Å². The number of carbonyl (C=O) groups excluding carboxylic acids is 2. The lowest BCUT2D eigenvalue weighted by Gasteiger charge is -2.22. The van der Waals surface area contributed by atoms with Crippen molar-refractivity contribution in [1.82, 2.24) is 9.80 Å². The van der Waals surface area contributed by atoms with Crippen molar-refractivity contribution in [1.29, 1.82) is 0 Å². The molecule has 0 atom stereocenters. The third kappa shape index (κ3) is 4.53. The molecule has 3 rings (SSSR count). The largest absolute Gasteiger partial charge is 0.504 e. The van der Waals surface area contributed by atoms with Crippen LogP contribution in [-0.2, 0) is 0 Å². The highest BCUT2D eigenvalue weighted by Crippen LogP contribution is 2.35. The van der Waals surface area contributed by atoms with Crippen LogP contribution in [0.5, 0.6) is 23.0 Å². The quantitative estimate of drug-likeness (QED) is 0.679. The number of benzene rings is 2. The molecule has 2 aromatic rings. The van der Waals surface area contributed by atoms with Crippen molar-refractivity contribution in [2.45, 2.75) is 13.3 Å². The number of ether oxygens (including phenoxy) is 1. The smallest absolute Gasteiger partial charge is 0.254 e. The summed E-state index contributed by atoms with van der Waals surface area (Å²) in [6.45, 7) is 4.10. The normalized spacial score (nSPS) is 14.4. The van der Waals surface area contributed by atoms with Crippen LogP contribution in [0.3, 0.4) is 0 Å². The Labute approximate surface area is 168 Å². The summed E-state index contributed by atoms with van der Waals surface area (Å²) in [7, 11) is 0. The molecule has 0 saturated carbocycles. The molecular formula is C21H24N2O6. The predicted octanol–water partition coefficient (Wildman–Crippen LogP) is 2.19. The summed E-state index contributed by atoms with van der Waals surface area (Å²) >= 11 is 0. The maximum atomic E-state index is 12.8. The van der Waals surface area contributed by atoms with E-state index in [1.165, 1.54) is 0 Å². The van der Waals surface area contributed by atoms with Crippen LogP contribution in [0.1, 0.15) is 34.1 Å². The van der Waals surface area contributed by atoms with E-state index >= 15 is 0 Å². The van der Waals surface area contributed by atoms with Gasteiger partial charge in [-0.15, -0.1) is 0 Å². The molecule has 0 spiro atoms. The van der Waals surface area contributed by atoms with Crippen molar-refractivity contribution in [3.05, 3.63) is 47.5 Å². The molecule has 0 bridgehead atoms. The average Bonchev–Trinajstić information content (AvgIpc) is 2.97. The SMILES string of the molecule is CCOc1ccc(C(=O)N2CCCN(C(=O)c3cc(O)c(O)c(O)c3)CC2)cc1. The number of hydrogen-bond acceptors (Lipinski definition) is 6. The Kier molecular flexibility index (Phi) is 6.11. The van der Waals surface area contributed by atoms with Gasteiger partial charge in [-0.05, 0) is 49.7 Å². The van der Waals surface area contributed by atoms with Crippen LogP contribution < -0.4 is 4.74 Å². The zero-order valence-electron chi connectivity index (χ0n) is 16.2. The number of carbonyl (C=O) groups is 2. The Hall–Kier alpha value is -3.42.